The molecule has 8 aromatic carbocycles. The van der Waals surface area contributed by atoms with E-state index in [2.05, 4.69) is 125 Å². The Morgan fingerprint density at radius 1 is 0.383 bits per heavy atom. The van der Waals surface area contributed by atoms with Crippen LogP contribution in [0.25, 0.3) is 57.3 Å². The van der Waals surface area contributed by atoms with Crippen molar-refractivity contribution in [2.45, 2.75) is 27.7 Å². The van der Waals surface area contributed by atoms with E-state index >= 15 is 0 Å². The molecule has 292 valence electrons. The Morgan fingerprint density at radius 3 is 1.12 bits per heavy atom. The molecule has 0 aliphatic heterocycles. The van der Waals surface area contributed by atoms with E-state index in [1.807, 2.05) is 60.7 Å². The quantitative estimate of drug-likeness (QED) is 0.0788. The number of fused-ring (bicyclic) bond motifs is 1. The van der Waals surface area contributed by atoms with Crippen LogP contribution in [0, 0.1) is 27.7 Å². The van der Waals surface area contributed by atoms with Crippen molar-refractivity contribution in [2.75, 3.05) is 0 Å². The molecule has 0 saturated heterocycles. The minimum atomic E-state index is -0.588. The largest absolute Gasteiger partial charge is 0.422 e. The molecule has 4 nitrogen and oxygen atoms in total. The van der Waals surface area contributed by atoms with Gasteiger partial charge >= 0.3 is 11.9 Å². The number of rotatable bonds is 10. The summed E-state index contributed by atoms with van der Waals surface area (Å²) in [6, 6.07) is 55.3. The van der Waals surface area contributed by atoms with Crippen molar-refractivity contribution in [3.63, 3.8) is 0 Å². The lowest BCUT2D eigenvalue weighted by atomic mass is 9.96. The first kappa shape index (κ1) is 39.3. The fourth-order valence-corrected chi connectivity index (χ4v) is 7.28. The third-order valence-electron chi connectivity index (χ3n) is 10.6. The van der Waals surface area contributed by atoms with E-state index in [0.29, 0.717) is 22.3 Å². The van der Waals surface area contributed by atoms with Crippen LogP contribution in [0.4, 0.5) is 0 Å². The molecule has 4 heteroatoms. The third kappa shape index (κ3) is 8.79. The molecule has 0 N–H and O–H groups in total. The first-order valence-electron chi connectivity index (χ1n) is 20.1. The summed E-state index contributed by atoms with van der Waals surface area (Å²) in [6.07, 6.45) is 8.02. The van der Waals surface area contributed by atoms with Gasteiger partial charge < -0.3 is 9.47 Å². The number of hydrogen-bond acceptors (Lipinski definition) is 4. The van der Waals surface area contributed by atoms with Gasteiger partial charge in [-0.2, -0.15) is 0 Å². The second kappa shape index (κ2) is 17.5. The summed E-state index contributed by atoms with van der Waals surface area (Å²) >= 11 is 0. The fourth-order valence-electron chi connectivity index (χ4n) is 7.28. The third-order valence-corrected chi connectivity index (χ3v) is 10.6. The first-order valence-corrected chi connectivity index (χ1v) is 20.1. The molecule has 0 spiro atoms. The Labute approximate surface area is 351 Å². The number of esters is 2. The molecule has 0 saturated carbocycles. The Kier molecular flexibility index (Phi) is 11.5. The standard InChI is InChI=1S/C56H44O4/c1-37-17-25-41(26-18-37)29-35-48-46(43-31-21-39(3)22-32-43)11-7-15-52(48)59-55(57)50-13-5-9-45-10-6-14-51(54(45)50)56(58)60-53-16-8-12-47(44-33-23-40(4)24-34-44)49(53)36-30-42-27-19-38(2)20-28-42/h5-36H,1-4H3. The highest BCUT2D eigenvalue weighted by Gasteiger charge is 2.22. The van der Waals surface area contributed by atoms with Crippen molar-refractivity contribution in [3.8, 4) is 33.8 Å². The zero-order valence-corrected chi connectivity index (χ0v) is 34.1. The second-order valence-corrected chi connectivity index (χ2v) is 15.1. The van der Waals surface area contributed by atoms with Gasteiger partial charge in [-0.15, -0.1) is 0 Å². The minimum Gasteiger partial charge on any atom is -0.422 e. The molecule has 0 bridgehead atoms. The van der Waals surface area contributed by atoms with Crippen molar-refractivity contribution in [1.82, 2.24) is 0 Å². The molecule has 0 aliphatic carbocycles. The average molecular weight is 781 g/mol. The molecular weight excluding hydrogens is 737 g/mol. The molecule has 0 fully saturated rings. The van der Waals surface area contributed by atoms with Gasteiger partial charge in [0.2, 0.25) is 0 Å². The summed E-state index contributed by atoms with van der Waals surface area (Å²) in [6.45, 7) is 8.23. The Hall–Kier alpha value is -7.56. The Balaban J connectivity index is 1.17. The maximum atomic E-state index is 14.4. The van der Waals surface area contributed by atoms with Crippen LogP contribution in [0.2, 0.25) is 0 Å². The number of hydrogen-bond donors (Lipinski definition) is 0. The van der Waals surface area contributed by atoms with E-state index in [1.54, 1.807) is 36.4 Å². The lowest BCUT2D eigenvalue weighted by molar-refractivity contribution is 0.0733. The van der Waals surface area contributed by atoms with Crippen molar-refractivity contribution in [1.29, 1.82) is 0 Å². The minimum absolute atomic E-state index is 0.252. The van der Waals surface area contributed by atoms with Crippen LogP contribution in [0.1, 0.15) is 65.2 Å². The predicted molar refractivity (Wildman–Crippen MR) is 247 cm³/mol. The van der Waals surface area contributed by atoms with Gasteiger partial charge in [-0.05, 0) is 90.7 Å². The van der Waals surface area contributed by atoms with Crippen molar-refractivity contribution < 1.29 is 19.1 Å². The van der Waals surface area contributed by atoms with Gasteiger partial charge in [-0.3, -0.25) is 0 Å². The highest BCUT2D eigenvalue weighted by molar-refractivity contribution is 6.14. The van der Waals surface area contributed by atoms with Gasteiger partial charge in [-0.1, -0.05) is 192 Å². The normalized spacial score (nSPS) is 11.3. The number of benzene rings is 8. The molecule has 60 heavy (non-hydrogen) atoms. The maximum Gasteiger partial charge on any atom is 0.344 e. The Bertz CT molecular complexity index is 2700. The van der Waals surface area contributed by atoms with Crippen LogP contribution in [0.5, 0.6) is 11.5 Å². The zero-order chi connectivity index (χ0) is 41.6. The van der Waals surface area contributed by atoms with Crippen LogP contribution in [0.3, 0.4) is 0 Å². The van der Waals surface area contributed by atoms with Crippen LogP contribution in [-0.4, -0.2) is 11.9 Å². The highest BCUT2D eigenvalue weighted by atomic mass is 16.5. The molecule has 0 aliphatic rings. The maximum absolute atomic E-state index is 14.4. The van der Waals surface area contributed by atoms with E-state index < -0.39 is 11.9 Å². The van der Waals surface area contributed by atoms with E-state index in [-0.39, 0.29) is 11.1 Å². The van der Waals surface area contributed by atoms with Crippen molar-refractivity contribution in [3.05, 3.63) is 225 Å². The van der Waals surface area contributed by atoms with Crippen LogP contribution in [-0.2, 0) is 0 Å². The lowest BCUT2D eigenvalue weighted by Gasteiger charge is -2.16. The number of carbonyl (C=O) groups excluding carboxylic acids is 2. The van der Waals surface area contributed by atoms with Gasteiger partial charge in [0.25, 0.3) is 0 Å². The summed E-state index contributed by atoms with van der Waals surface area (Å²) < 4.78 is 12.6. The van der Waals surface area contributed by atoms with Gasteiger partial charge in [0.15, 0.2) is 0 Å². The molecule has 0 unspecified atom stereocenters. The molecule has 8 rings (SSSR count). The van der Waals surface area contributed by atoms with Crippen LogP contribution in [0.15, 0.2) is 170 Å². The van der Waals surface area contributed by atoms with E-state index in [4.69, 9.17) is 9.47 Å². The monoisotopic (exact) mass is 780 g/mol. The fraction of sp³-hybridized carbons (Fsp3) is 0.0714. The molecule has 8 aromatic rings. The molecule has 0 amide bonds. The summed E-state index contributed by atoms with van der Waals surface area (Å²) in [7, 11) is 0. The van der Waals surface area contributed by atoms with Crippen LogP contribution >= 0.6 is 0 Å². The Morgan fingerprint density at radius 2 is 0.733 bits per heavy atom. The lowest BCUT2D eigenvalue weighted by Crippen LogP contribution is -2.14. The molecule has 0 heterocycles. The van der Waals surface area contributed by atoms with Crippen LogP contribution < -0.4 is 9.47 Å². The molecule has 0 aromatic heterocycles. The van der Waals surface area contributed by atoms with E-state index in [1.165, 1.54) is 11.1 Å². The first-order chi connectivity index (χ1) is 29.2. The number of carbonyl (C=O) groups is 2. The number of aryl methyl sites for hydroxylation is 4. The van der Waals surface area contributed by atoms with Gasteiger partial charge in [0.05, 0.1) is 11.1 Å². The zero-order valence-electron chi connectivity index (χ0n) is 34.1. The van der Waals surface area contributed by atoms with Crippen molar-refractivity contribution in [2.24, 2.45) is 0 Å². The average Bonchev–Trinajstić information content (AvgIpc) is 3.26. The van der Waals surface area contributed by atoms with E-state index in [0.717, 1.165) is 55.6 Å². The summed E-state index contributed by atoms with van der Waals surface area (Å²) in [5.74, 6) is -0.377. The number of ether oxygens (including phenoxy) is 2. The molecule has 0 atom stereocenters. The van der Waals surface area contributed by atoms with Gasteiger partial charge in [0, 0.05) is 16.5 Å². The highest BCUT2D eigenvalue weighted by Crippen LogP contribution is 2.36. The summed E-state index contributed by atoms with van der Waals surface area (Å²) in [5, 5.41) is 1.16. The summed E-state index contributed by atoms with van der Waals surface area (Å²) in [4.78, 5) is 28.9. The van der Waals surface area contributed by atoms with E-state index in [9.17, 15) is 9.59 Å². The van der Waals surface area contributed by atoms with Gasteiger partial charge in [0.1, 0.15) is 11.5 Å². The summed E-state index contributed by atoms with van der Waals surface area (Å²) in [5.41, 5.74) is 12.5. The topological polar surface area (TPSA) is 52.6 Å². The van der Waals surface area contributed by atoms with Crippen molar-refractivity contribution >= 4 is 47.0 Å². The molecule has 0 radical (unpaired) electrons. The smallest absolute Gasteiger partial charge is 0.344 e. The molecular formula is C56H44O4. The van der Waals surface area contributed by atoms with Gasteiger partial charge in [-0.25, -0.2) is 9.59 Å². The second-order valence-electron chi connectivity index (χ2n) is 15.1. The SMILES string of the molecule is Cc1ccc(C=Cc2c(OC(=O)c3cccc4cccc(C(=O)Oc5cccc(-c6ccc(C)cc6)c5C=Cc5ccc(C)cc5)c34)cccc2-c2ccc(C)cc2)cc1. The predicted octanol–water partition coefficient (Wildman–Crippen LogP) is 14.2.